The number of halogens is 1. The molecule has 0 aliphatic carbocycles. The van der Waals surface area contributed by atoms with Crippen molar-refractivity contribution >= 4 is 43.8 Å². The number of carbonyl (C=O) groups is 1. The van der Waals surface area contributed by atoms with Crippen LogP contribution in [0.4, 0.5) is 0 Å². The molecule has 0 aliphatic heterocycles. The third-order valence-corrected chi connectivity index (χ3v) is 4.40. The molecule has 0 bridgehead atoms. The van der Waals surface area contributed by atoms with Crippen molar-refractivity contribution in [3.8, 4) is 10.6 Å². The minimum atomic E-state index is 0.685. The summed E-state index contributed by atoms with van der Waals surface area (Å²) in [5.74, 6) is 0. The summed E-state index contributed by atoms with van der Waals surface area (Å²) < 4.78 is 2.06. The van der Waals surface area contributed by atoms with Crippen LogP contribution in [0.1, 0.15) is 10.4 Å². The number of hydrogen-bond donors (Lipinski definition) is 0. The number of aromatic nitrogens is 1. The number of fused-ring (bicyclic) bond motifs is 1. The maximum atomic E-state index is 10.8. The van der Waals surface area contributed by atoms with Crippen LogP contribution >= 0.6 is 27.3 Å². The molecule has 0 spiro atoms. The number of rotatable bonds is 2. The fourth-order valence-electron chi connectivity index (χ4n) is 1.76. The van der Waals surface area contributed by atoms with E-state index in [4.69, 9.17) is 0 Å². The minimum Gasteiger partial charge on any atom is -0.298 e. The monoisotopic (exact) mass is 317 g/mol. The summed E-state index contributed by atoms with van der Waals surface area (Å²) in [6.45, 7) is 0. The fraction of sp³-hybridized carbons (Fsp3) is 0. The standard InChI is InChI=1S/C14H8BrNOS/c15-11-4-2-1-3-10(11)14-16-12-6-5-9(8-17)7-13(12)18-14/h1-8H. The first kappa shape index (κ1) is 11.6. The predicted molar refractivity (Wildman–Crippen MR) is 78.1 cm³/mol. The van der Waals surface area contributed by atoms with Gasteiger partial charge in [0.25, 0.3) is 0 Å². The normalized spacial score (nSPS) is 10.7. The van der Waals surface area contributed by atoms with Crippen LogP contribution in [0.15, 0.2) is 46.9 Å². The molecule has 0 unspecified atom stereocenters. The summed E-state index contributed by atoms with van der Waals surface area (Å²) >= 11 is 5.12. The van der Waals surface area contributed by atoms with Gasteiger partial charge < -0.3 is 0 Å². The van der Waals surface area contributed by atoms with E-state index in [0.717, 1.165) is 31.5 Å². The third kappa shape index (κ3) is 1.98. The highest BCUT2D eigenvalue weighted by Gasteiger charge is 2.09. The average Bonchev–Trinajstić information content (AvgIpc) is 2.81. The zero-order chi connectivity index (χ0) is 12.5. The van der Waals surface area contributed by atoms with Crippen LogP contribution in [0.25, 0.3) is 20.8 Å². The number of hydrogen-bond acceptors (Lipinski definition) is 3. The molecule has 0 saturated heterocycles. The maximum Gasteiger partial charge on any atom is 0.150 e. The Bertz CT molecular complexity index is 735. The molecule has 18 heavy (non-hydrogen) atoms. The van der Waals surface area contributed by atoms with Gasteiger partial charge in [-0.05, 0) is 24.3 Å². The van der Waals surface area contributed by atoms with Gasteiger partial charge in [-0.15, -0.1) is 11.3 Å². The highest BCUT2D eigenvalue weighted by Crippen LogP contribution is 2.34. The Hall–Kier alpha value is -1.52. The van der Waals surface area contributed by atoms with Gasteiger partial charge in [-0.1, -0.05) is 34.1 Å². The SMILES string of the molecule is O=Cc1ccc2nc(-c3ccccc3Br)sc2c1. The van der Waals surface area contributed by atoms with Crippen LogP contribution in [0.5, 0.6) is 0 Å². The number of carbonyl (C=O) groups excluding carboxylic acids is 1. The molecule has 2 aromatic carbocycles. The van der Waals surface area contributed by atoms with Gasteiger partial charge in [-0.25, -0.2) is 4.98 Å². The van der Waals surface area contributed by atoms with E-state index in [9.17, 15) is 4.79 Å². The highest BCUT2D eigenvalue weighted by molar-refractivity contribution is 9.10. The van der Waals surface area contributed by atoms with E-state index in [-0.39, 0.29) is 0 Å². The largest absolute Gasteiger partial charge is 0.298 e. The van der Waals surface area contributed by atoms with E-state index >= 15 is 0 Å². The third-order valence-electron chi connectivity index (χ3n) is 2.65. The highest BCUT2D eigenvalue weighted by atomic mass is 79.9. The first-order valence-electron chi connectivity index (χ1n) is 5.38. The first-order chi connectivity index (χ1) is 8.78. The van der Waals surface area contributed by atoms with E-state index in [0.29, 0.717) is 5.56 Å². The van der Waals surface area contributed by atoms with Crippen molar-refractivity contribution in [2.24, 2.45) is 0 Å². The Morgan fingerprint density at radius 1 is 1.17 bits per heavy atom. The Labute approximate surface area is 116 Å². The lowest BCUT2D eigenvalue weighted by atomic mass is 10.2. The number of thiazole rings is 1. The molecule has 0 aliphatic rings. The van der Waals surface area contributed by atoms with Gasteiger partial charge in [0, 0.05) is 15.6 Å². The van der Waals surface area contributed by atoms with E-state index in [1.807, 2.05) is 36.4 Å². The average molecular weight is 318 g/mol. The Morgan fingerprint density at radius 2 is 2.00 bits per heavy atom. The van der Waals surface area contributed by atoms with E-state index in [1.165, 1.54) is 0 Å². The Kier molecular flexibility index (Phi) is 2.97. The van der Waals surface area contributed by atoms with Crippen LogP contribution < -0.4 is 0 Å². The number of aldehydes is 1. The molecule has 2 nitrogen and oxygen atoms in total. The molecular weight excluding hydrogens is 310 g/mol. The molecule has 0 saturated carbocycles. The van der Waals surface area contributed by atoms with Crippen molar-refractivity contribution < 1.29 is 4.79 Å². The second kappa shape index (κ2) is 4.63. The molecule has 0 radical (unpaired) electrons. The quantitative estimate of drug-likeness (QED) is 0.649. The van der Waals surface area contributed by atoms with Crippen molar-refractivity contribution in [3.63, 3.8) is 0 Å². The van der Waals surface area contributed by atoms with Crippen molar-refractivity contribution in [2.75, 3.05) is 0 Å². The summed E-state index contributed by atoms with van der Waals surface area (Å²) in [5, 5.41) is 0.959. The lowest BCUT2D eigenvalue weighted by Gasteiger charge is -1.97. The maximum absolute atomic E-state index is 10.8. The Balaban J connectivity index is 2.19. The molecule has 1 heterocycles. The second-order valence-corrected chi connectivity index (χ2v) is 5.73. The molecule has 1 aromatic heterocycles. The molecule has 0 N–H and O–H groups in total. The van der Waals surface area contributed by atoms with Crippen LogP contribution in [0.3, 0.4) is 0 Å². The van der Waals surface area contributed by atoms with Crippen LogP contribution in [0, 0.1) is 0 Å². The van der Waals surface area contributed by atoms with Gasteiger partial charge in [0.15, 0.2) is 0 Å². The lowest BCUT2D eigenvalue weighted by Crippen LogP contribution is -1.78. The Morgan fingerprint density at radius 3 is 2.78 bits per heavy atom. The lowest BCUT2D eigenvalue weighted by molar-refractivity contribution is 0.112. The predicted octanol–water partition coefficient (Wildman–Crippen LogP) is 4.54. The molecule has 3 rings (SSSR count). The van der Waals surface area contributed by atoms with Gasteiger partial charge in [0.05, 0.1) is 10.2 Å². The number of benzene rings is 2. The molecule has 88 valence electrons. The molecule has 0 atom stereocenters. The zero-order valence-electron chi connectivity index (χ0n) is 9.26. The molecule has 0 fully saturated rings. The van der Waals surface area contributed by atoms with E-state index < -0.39 is 0 Å². The number of nitrogens with zero attached hydrogens (tertiary/aromatic N) is 1. The van der Waals surface area contributed by atoms with Crippen molar-refractivity contribution in [1.29, 1.82) is 0 Å². The molecule has 4 heteroatoms. The summed E-state index contributed by atoms with van der Waals surface area (Å²) in [5.41, 5.74) is 2.69. The summed E-state index contributed by atoms with van der Waals surface area (Å²) in [7, 11) is 0. The van der Waals surface area contributed by atoms with Gasteiger partial charge >= 0.3 is 0 Å². The van der Waals surface area contributed by atoms with Crippen molar-refractivity contribution in [3.05, 3.63) is 52.5 Å². The van der Waals surface area contributed by atoms with E-state index in [1.54, 1.807) is 17.4 Å². The zero-order valence-corrected chi connectivity index (χ0v) is 11.7. The van der Waals surface area contributed by atoms with Crippen molar-refractivity contribution in [2.45, 2.75) is 0 Å². The second-order valence-electron chi connectivity index (χ2n) is 3.84. The molecular formula is C14H8BrNOS. The fourth-order valence-corrected chi connectivity index (χ4v) is 3.42. The van der Waals surface area contributed by atoms with Gasteiger partial charge in [0.1, 0.15) is 11.3 Å². The molecule has 3 aromatic rings. The first-order valence-corrected chi connectivity index (χ1v) is 6.99. The van der Waals surface area contributed by atoms with E-state index in [2.05, 4.69) is 20.9 Å². The van der Waals surface area contributed by atoms with Crippen LogP contribution in [-0.2, 0) is 0 Å². The summed E-state index contributed by atoms with van der Waals surface area (Å²) in [4.78, 5) is 15.3. The van der Waals surface area contributed by atoms with Gasteiger partial charge in [0.2, 0.25) is 0 Å². The van der Waals surface area contributed by atoms with Crippen LogP contribution in [-0.4, -0.2) is 11.3 Å². The van der Waals surface area contributed by atoms with Crippen LogP contribution in [0.2, 0.25) is 0 Å². The summed E-state index contributed by atoms with van der Waals surface area (Å²) in [6.07, 6.45) is 0.858. The minimum absolute atomic E-state index is 0.685. The van der Waals surface area contributed by atoms with Gasteiger partial charge in [-0.3, -0.25) is 4.79 Å². The van der Waals surface area contributed by atoms with Gasteiger partial charge in [-0.2, -0.15) is 0 Å². The van der Waals surface area contributed by atoms with Crippen molar-refractivity contribution in [1.82, 2.24) is 4.98 Å². The topological polar surface area (TPSA) is 30.0 Å². The molecule has 0 amide bonds. The smallest absolute Gasteiger partial charge is 0.150 e. The summed E-state index contributed by atoms with van der Waals surface area (Å²) in [6, 6.07) is 13.5.